The number of nitrogens with two attached hydrogens (primary N) is 1. The second-order valence-electron chi connectivity index (χ2n) is 4.88. The first kappa shape index (κ1) is 14.3. The number of hydrogen-bond acceptors (Lipinski definition) is 5. The Morgan fingerprint density at radius 3 is 2.52 bits per heavy atom. The molecule has 0 unspecified atom stereocenters. The lowest BCUT2D eigenvalue weighted by molar-refractivity contribution is 0.122. The van der Waals surface area contributed by atoms with Gasteiger partial charge in [-0.15, -0.1) is 0 Å². The van der Waals surface area contributed by atoms with E-state index < -0.39 is 0 Å². The van der Waals surface area contributed by atoms with Crippen LogP contribution in [0.4, 0.5) is 5.95 Å². The van der Waals surface area contributed by atoms with Gasteiger partial charge < -0.3 is 15.4 Å². The molecule has 3 rings (SSSR count). The van der Waals surface area contributed by atoms with Crippen LogP contribution in [-0.2, 0) is 11.3 Å². The van der Waals surface area contributed by atoms with Crippen LogP contribution in [0.5, 0.6) is 0 Å². The molecule has 0 saturated carbocycles. The Morgan fingerprint density at radius 2 is 1.86 bits per heavy atom. The topological polar surface area (TPSA) is 64.3 Å². The summed E-state index contributed by atoms with van der Waals surface area (Å²) in [5.74, 6) is 0.656. The quantitative estimate of drug-likeness (QED) is 0.880. The number of nitrogens with zero attached hydrogens (tertiary/aromatic N) is 3. The maximum Gasteiger partial charge on any atom is 0.227 e. The van der Waals surface area contributed by atoms with Crippen molar-refractivity contribution in [3.63, 3.8) is 0 Å². The number of rotatable bonds is 3. The molecule has 0 aliphatic carbocycles. The third-order valence-corrected chi connectivity index (χ3v) is 3.66. The van der Waals surface area contributed by atoms with Crippen LogP contribution in [0.3, 0.4) is 0 Å². The van der Waals surface area contributed by atoms with Gasteiger partial charge in [-0.25, -0.2) is 9.97 Å². The fourth-order valence-electron chi connectivity index (χ4n) is 2.27. The molecule has 2 aromatic rings. The summed E-state index contributed by atoms with van der Waals surface area (Å²) < 4.78 is 5.35. The van der Waals surface area contributed by atoms with Crippen molar-refractivity contribution in [2.75, 3.05) is 31.2 Å². The second-order valence-corrected chi connectivity index (χ2v) is 5.26. The highest BCUT2D eigenvalue weighted by Gasteiger charge is 2.15. The third-order valence-electron chi connectivity index (χ3n) is 3.46. The largest absolute Gasteiger partial charge is 0.378 e. The Bertz CT molecular complexity index is 612. The summed E-state index contributed by atoms with van der Waals surface area (Å²) in [5, 5.41) is 0.449. The van der Waals surface area contributed by atoms with Crippen LogP contribution in [0.15, 0.2) is 30.3 Å². The predicted molar refractivity (Wildman–Crippen MR) is 83.4 cm³/mol. The van der Waals surface area contributed by atoms with E-state index in [-0.39, 0.29) is 0 Å². The number of halogens is 1. The van der Waals surface area contributed by atoms with Gasteiger partial charge in [0.2, 0.25) is 5.95 Å². The minimum Gasteiger partial charge on any atom is -0.378 e. The van der Waals surface area contributed by atoms with Crippen LogP contribution >= 0.6 is 11.6 Å². The third kappa shape index (κ3) is 3.32. The van der Waals surface area contributed by atoms with E-state index in [4.69, 9.17) is 22.1 Å². The molecule has 2 heterocycles. The lowest BCUT2D eigenvalue weighted by Crippen LogP contribution is -2.37. The first-order chi connectivity index (χ1) is 10.3. The molecule has 1 saturated heterocycles. The molecule has 1 aromatic heterocycles. The molecule has 1 aliphatic rings. The maximum absolute atomic E-state index is 6.15. The highest BCUT2D eigenvalue weighted by Crippen LogP contribution is 2.23. The lowest BCUT2D eigenvalue weighted by Gasteiger charge is -2.27. The van der Waals surface area contributed by atoms with Crippen LogP contribution < -0.4 is 10.6 Å². The number of benzene rings is 1. The van der Waals surface area contributed by atoms with E-state index in [9.17, 15) is 0 Å². The molecule has 110 valence electrons. The molecule has 1 aliphatic heterocycles. The van der Waals surface area contributed by atoms with Gasteiger partial charge in [0.25, 0.3) is 0 Å². The summed E-state index contributed by atoms with van der Waals surface area (Å²) in [5.41, 5.74) is 8.53. The summed E-state index contributed by atoms with van der Waals surface area (Å²) in [6.07, 6.45) is 0. The van der Waals surface area contributed by atoms with Crippen molar-refractivity contribution in [3.8, 4) is 11.3 Å². The van der Waals surface area contributed by atoms with Crippen LogP contribution in [0.25, 0.3) is 11.3 Å². The summed E-state index contributed by atoms with van der Waals surface area (Å²) in [4.78, 5) is 11.0. The Hall–Kier alpha value is -1.69. The van der Waals surface area contributed by atoms with E-state index in [1.165, 1.54) is 0 Å². The molecule has 5 nitrogen and oxygen atoms in total. The van der Waals surface area contributed by atoms with Crippen LogP contribution in [0, 0.1) is 0 Å². The van der Waals surface area contributed by atoms with Crippen molar-refractivity contribution in [3.05, 3.63) is 41.0 Å². The van der Waals surface area contributed by atoms with Gasteiger partial charge >= 0.3 is 0 Å². The van der Waals surface area contributed by atoms with Gasteiger partial charge in [0, 0.05) is 31.3 Å². The monoisotopic (exact) mass is 304 g/mol. The molecule has 0 amide bonds. The summed E-state index contributed by atoms with van der Waals surface area (Å²) in [6.45, 7) is 3.48. The van der Waals surface area contributed by atoms with E-state index >= 15 is 0 Å². The van der Waals surface area contributed by atoms with Crippen molar-refractivity contribution < 1.29 is 4.74 Å². The van der Waals surface area contributed by atoms with Gasteiger partial charge in [0.05, 0.1) is 18.9 Å². The molecule has 0 atom stereocenters. The molecule has 0 spiro atoms. The lowest BCUT2D eigenvalue weighted by atomic mass is 10.1. The molecular formula is C15H17ClN4O. The fraction of sp³-hybridized carbons (Fsp3) is 0.333. The van der Waals surface area contributed by atoms with Crippen molar-refractivity contribution in [2.24, 2.45) is 5.73 Å². The maximum atomic E-state index is 6.15. The number of anilines is 1. The summed E-state index contributed by atoms with van der Waals surface area (Å²) >= 11 is 6.15. The van der Waals surface area contributed by atoms with Crippen LogP contribution in [0.2, 0.25) is 5.15 Å². The zero-order chi connectivity index (χ0) is 14.7. The number of ether oxygens (including phenoxy) is 1. The minimum absolute atomic E-state index is 0.449. The Morgan fingerprint density at radius 1 is 1.14 bits per heavy atom. The Labute approximate surface area is 128 Å². The van der Waals surface area contributed by atoms with E-state index in [1.807, 2.05) is 24.3 Å². The van der Waals surface area contributed by atoms with Gasteiger partial charge in [0.15, 0.2) is 0 Å². The number of aromatic nitrogens is 2. The average Bonchev–Trinajstić information content (AvgIpc) is 2.55. The SMILES string of the molecule is NCc1ccc(-c2cc(Cl)nc(N3CCOCC3)n2)cc1. The number of morpholine rings is 1. The molecular weight excluding hydrogens is 288 g/mol. The van der Waals surface area contributed by atoms with Crippen molar-refractivity contribution in [1.29, 1.82) is 0 Å². The predicted octanol–water partition coefficient (Wildman–Crippen LogP) is 2.09. The van der Waals surface area contributed by atoms with Crippen LogP contribution in [-0.4, -0.2) is 36.3 Å². The average molecular weight is 305 g/mol. The molecule has 1 aromatic carbocycles. The normalized spacial score (nSPS) is 15.2. The Balaban J connectivity index is 1.92. The standard InChI is InChI=1S/C15H17ClN4O/c16-14-9-13(12-3-1-11(10-17)2-4-12)18-15(19-14)20-5-7-21-8-6-20/h1-4,9H,5-8,10,17H2. The molecule has 6 heteroatoms. The smallest absolute Gasteiger partial charge is 0.227 e. The number of hydrogen-bond donors (Lipinski definition) is 1. The van der Waals surface area contributed by atoms with Gasteiger partial charge in [-0.3, -0.25) is 0 Å². The molecule has 21 heavy (non-hydrogen) atoms. The summed E-state index contributed by atoms with van der Waals surface area (Å²) in [7, 11) is 0. The van der Waals surface area contributed by atoms with Crippen molar-refractivity contribution >= 4 is 17.5 Å². The van der Waals surface area contributed by atoms with Crippen molar-refractivity contribution in [1.82, 2.24) is 9.97 Å². The van der Waals surface area contributed by atoms with E-state index in [1.54, 1.807) is 6.07 Å². The zero-order valence-electron chi connectivity index (χ0n) is 11.6. The molecule has 0 bridgehead atoms. The first-order valence-electron chi connectivity index (χ1n) is 6.93. The van der Waals surface area contributed by atoms with E-state index in [0.717, 1.165) is 29.9 Å². The molecule has 0 radical (unpaired) electrons. The summed E-state index contributed by atoms with van der Waals surface area (Å²) in [6, 6.07) is 9.79. The Kier molecular flexibility index (Phi) is 4.34. The molecule has 2 N–H and O–H groups in total. The van der Waals surface area contributed by atoms with Gasteiger partial charge in [-0.05, 0) is 5.56 Å². The molecule has 1 fully saturated rings. The second kappa shape index (κ2) is 6.39. The minimum atomic E-state index is 0.449. The van der Waals surface area contributed by atoms with E-state index in [0.29, 0.717) is 30.9 Å². The highest BCUT2D eigenvalue weighted by molar-refractivity contribution is 6.29. The van der Waals surface area contributed by atoms with Gasteiger partial charge in [-0.1, -0.05) is 35.9 Å². The zero-order valence-corrected chi connectivity index (χ0v) is 12.4. The van der Waals surface area contributed by atoms with Gasteiger partial charge in [0.1, 0.15) is 5.15 Å². The highest BCUT2D eigenvalue weighted by atomic mass is 35.5. The van der Waals surface area contributed by atoms with Crippen LogP contribution in [0.1, 0.15) is 5.56 Å². The van der Waals surface area contributed by atoms with E-state index in [2.05, 4.69) is 14.9 Å². The van der Waals surface area contributed by atoms with Gasteiger partial charge in [-0.2, -0.15) is 0 Å². The first-order valence-corrected chi connectivity index (χ1v) is 7.31. The van der Waals surface area contributed by atoms with Crippen molar-refractivity contribution in [2.45, 2.75) is 6.54 Å². The fourth-order valence-corrected chi connectivity index (χ4v) is 2.45.